The van der Waals surface area contributed by atoms with Crippen LogP contribution < -0.4 is 16.6 Å². The number of hydrogen-bond donors (Lipinski definition) is 3. The van der Waals surface area contributed by atoms with Crippen LogP contribution in [0.3, 0.4) is 0 Å². The zero-order valence-corrected chi connectivity index (χ0v) is 17.3. The zero-order chi connectivity index (χ0) is 21.9. The van der Waals surface area contributed by atoms with E-state index < -0.39 is 21.5 Å². The van der Waals surface area contributed by atoms with Crippen molar-refractivity contribution in [1.29, 1.82) is 0 Å². The number of nitrogens with one attached hydrogen (secondary N) is 2. The maximum Gasteiger partial charge on any atom is 0.260 e. The number of nitrogen functional groups attached to an aromatic ring is 1. The molecular weight excluding hydrogens is 412 g/mol. The van der Waals surface area contributed by atoms with Crippen LogP contribution in [0.2, 0.25) is 0 Å². The number of pyridine rings is 1. The molecule has 11 nitrogen and oxygen atoms in total. The zero-order valence-electron chi connectivity index (χ0n) is 16.5. The predicted octanol–water partition coefficient (Wildman–Crippen LogP) is 0.496. The molecule has 160 valence electrons. The van der Waals surface area contributed by atoms with E-state index in [-0.39, 0.29) is 35.3 Å². The van der Waals surface area contributed by atoms with Crippen LogP contribution in [0.1, 0.15) is 30.1 Å². The van der Waals surface area contributed by atoms with Gasteiger partial charge in [-0.05, 0) is 23.4 Å². The molecule has 12 heteroatoms. The third-order valence-corrected chi connectivity index (χ3v) is 6.56. The standard InChI is InChI=1S/C18H22N6O5S/c1-3-24(4-2)30(27,28)11-5-6-14-12(9-11)13(10-15(25)21-14)17(26)20-8-7-16-22-18(19)23-29-16/h5-6,9-10H,3-4,7-8H2,1-2H3,(H2,19,23)(H,20,26)(H,21,25). The molecule has 0 saturated carbocycles. The lowest BCUT2D eigenvalue weighted by Gasteiger charge is -2.19. The second-order valence-corrected chi connectivity index (χ2v) is 8.33. The number of benzene rings is 1. The highest BCUT2D eigenvalue weighted by Gasteiger charge is 2.23. The minimum atomic E-state index is -3.73. The topological polar surface area (TPSA) is 164 Å². The fourth-order valence-corrected chi connectivity index (χ4v) is 4.53. The molecule has 0 fully saturated rings. The predicted molar refractivity (Wildman–Crippen MR) is 109 cm³/mol. The molecule has 0 aliphatic carbocycles. The van der Waals surface area contributed by atoms with E-state index in [2.05, 4.69) is 20.4 Å². The van der Waals surface area contributed by atoms with E-state index in [1.165, 1.54) is 22.5 Å². The van der Waals surface area contributed by atoms with Crippen molar-refractivity contribution in [2.75, 3.05) is 25.4 Å². The van der Waals surface area contributed by atoms with Crippen molar-refractivity contribution >= 4 is 32.8 Å². The van der Waals surface area contributed by atoms with Crippen LogP contribution in [0.4, 0.5) is 5.95 Å². The molecule has 1 aromatic carbocycles. The van der Waals surface area contributed by atoms with Crippen molar-refractivity contribution in [3.63, 3.8) is 0 Å². The number of hydrogen-bond acceptors (Lipinski definition) is 8. The fraction of sp³-hybridized carbons (Fsp3) is 0.333. The Morgan fingerprint density at radius 3 is 2.63 bits per heavy atom. The van der Waals surface area contributed by atoms with Gasteiger partial charge < -0.3 is 20.6 Å². The largest absolute Gasteiger partial charge is 0.365 e. The molecule has 0 bridgehead atoms. The number of aromatic nitrogens is 3. The molecule has 30 heavy (non-hydrogen) atoms. The summed E-state index contributed by atoms with van der Waals surface area (Å²) in [7, 11) is -3.73. The molecule has 1 amide bonds. The highest BCUT2D eigenvalue weighted by molar-refractivity contribution is 7.89. The van der Waals surface area contributed by atoms with Crippen LogP contribution in [0.5, 0.6) is 0 Å². The Labute approximate surface area is 172 Å². The number of amides is 1. The van der Waals surface area contributed by atoms with E-state index in [0.29, 0.717) is 24.0 Å². The van der Waals surface area contributed by atoms with Crippen molar-refractivity contribution < 1.29 is 17.7 Å². The van der Waals surface area contributed by atoms with Crippen molar-refractivity contribution in [3.05, 3.63) is 46.1 Å². The lowest BCUT2D eigenvalue weighted by Crippen LogP contribution is -2.30. The molecule has 0 radical (unpaired) electrons. The van der Waals surface area contributed by atoms with E-state index in [0.717, 1.165) is 6.07 Å². The number of carbonyl (C=O) groups is 1. The molecule has 0 saturated heterocycles. The van der Waals surface area contributed by atoms with Crippen LogP contribution in [-0.4, -0.2) is 53.4 Å². The molecule has 0 aliphatic heterocycles. The molecule has 0 spiro atoms. The quantitative estimate of drug-likeness (QED) is 0.461. The Morgan fingerprint density at radius 2 is 2.00 bits per heavy atom. The number of aromatic amines is 1. The number of sulfonamides is 1. The Kier molecular flexibility index (Phi) is 6.17. The average molecular weight is 434 g/mol. The summed E-state index contributed by atoms with van der Waals surface area (Å²) in [6.07, 6.45) is 0.249. The third kappa shape index (κ3) is 4.33. The summed E-state index contributed by atoms with van der Waals surface area (Å²) in [5, 5.41) is 6.44. The van der Waals surface area contributed by atoms with Gasteiger partial charge in [-0.1, -0.05) is 13.8 Å². The van der Waals surface area contributed by atoms with E-state index in [1.54, 1.807) is 13.8 Å². The minimum absolute atomic E-state index is 0.00106. The van der Waals surface area contributed by atoms with Crippen molar-refractivity contribution in [3.8, 4) is 0 Å². The number of nitrogens with two attached hydrogens (primary N) is 1. The molecule has 0 atom stereocenters. The summed E-state index contributed by atoms with van der Waals surface area (Å²) in [5.74, 6) is -0.272. The summed E-state index contributed by atoms with van der Waals surface area (Å²) in [6, 6.07) is 5.42. The average Bonchev–Trinajstić information content (AvgIpc) is 3.12. The van der Waals surface area contributed by atoms with Crippen LogP contribution >= 0.6 is 0 Å². The smallest absolute Gasteiger partial charge is 0.260 e. The molecule has 4 N–H and O–H groups in total. The summed E-state index contributed by atoms with van der Waals surface area (Å²) < 4.78 is 31.9. The number of carbonyl (C=O) groups excluding carboxylic acids is 1. The first-order chi connectivity index (χ1) is 14.3. The number of rotatable bonds is 8. The molecule has 3 rings (SSSR count). The van der Waals surface area contributed by atoms with E-state index in [4.69, 9.17) is 10.3 Å². The molecular formula is C18H22N6O5S. The van der Waals surface area contributed by atoms with Crippen LogP contribution in [0, 0.1) is 0 Å². The summed E-state index contributed by atoms with van der Waals surface area (Å²) in [6.45, 7) is 4.28. The maximum atomic E-state index is 12.8. The van der Waals surface area contributed by atoms with Gasteiger partial charge in [0, 0.05) is 43.0 Å². The molecule has 0 aliphatic rings. The van der Waals surface area contributed by atoms with Crippen molar-refractivity contribution in [1.82, 2.24) is 24.7 Å². The van der Waals surface area contributed by atoms with Gasteiger partial charge in [0.05, 0.1) is 10.5 Å². The van der Waals surface area contributed by atoms with E-state index in [9.17, 15) is 18.0 Å². The van der Waals surface area contributed by atoms with Crippen LogP contribution in [0.15, 0.2) is 38.5 Å². The first-order valence-corrected chi connectivity index (χ1v) is 10.7. The molecule has 0 unspecified atom stereocenters. The van der Waals surface area contributed by atoms with Crippen molar-refractivity contribution in [2.45, 2.75) is 25.2 Å². The number of anilines is 1. The number of fused-ring (bicyclic) bond motifs is 1. The van der Waals surface area contributed by atoms with Gasteiger partial charge in [-0.3, -0.25) is 9.59 Å². The van der Waals surface area contributed by atoms with Gasteiger partial charge in [0.25, 0.3) is 11.9 Å². The number of nitrogens with zero attached hydrogens (tertiary/aromatic N) is 3. The lowest BCUT2D eigenvalue weighted by atomic mass is 10.1. The highest BCUT2D eigenvalue weighted by Crippen LogP contribution is 2.22. The Hall–Kier alpha value is -3.25. The third-order valence-electron chi connectivity index (χ3n) is 4.51. The lowest BCUT2D eigenvalue weighted by molar-refractivity contribution is 0.0955. The summed E-state index contributed by atoms with van der Waals surface area (Å²) in [5.41, 5.74) is 5.32. The monoisotopic (exact) mass is 434 g/mol. The Morgan fingerprint density at radius 1 is 1.27 bits per heavy atom. The first kappa shape index (κ1) is 21.5. The summed E-state index contributed by atoms with van der Waals surface area (Å²) >= 11 is 0. The molecule has 3 aromatic rings. The van der Waals surface area contributed by atoms with Crippen molar-refractivity contribution in [2.24, 2.45) is 0 Å². The highest BCUT2D eigenvalue weighted by atomic mass is 32.2. The second kappa shape index (κ2) is 8.63. The SMILES string of the molecule is CCN(CC)S(=O)(=O)c1ccc2[nH]c(=O)cc(C(=O)NCCc3nc(N)no3)c2c1. The fourth-order valence-electron chi connectivity index (χ4n) is 3.04. The van der Waals surface area contributed by atoms with Crippen LogP contribution in [0.25, 0.3) is 10.9 Å². The molecule has 2 aromatic heterocycles. The van der Waals surface area contributed by atoms with Gasteiger partial charge >= 0.3 is 0 Å². The number of H-pyrrole nitrogens is 1. The first-order valence-electron chi connectivity index (χ1n) is 9.29. The normalized spacial score (nSPS) is 11.8. The van der Waals surface area contributed by atoms with E-state index in [1.807, 2.05) is 0 Å². The Bertz CT molecular complexity index is 1230. The second-order valence-electron chi connectivity index (χ2n) is 6.40. The minimum Gasteiger partial charge on any atom is -0.365 e. The Balaban J connectivity index is 1.93. The van der Waals surface area contributed by atoms with E-state index >= 15 is 0 Å². The van der Waals surface area contributed by atoms with Crippen LogP contribution in [-0.2, 0) is 16.4 Å². The van der Waals surface area contributed by atoms with Gasteiger partial charge in [-0.2, -0.15) is 9.29 Å². The molecule has 2 heterocycles. The van der Waals surface area contributed by atoms with Gasteiger partial charge in [0.15, 0.2) is 0 Å². The van der Waals surface area contributed by atoms with Gasteiger partial charge in [0.2, 0.25) is 21.5 Å². The van der Waals surface area contributed by atoms with Gasteiger partial charge in [-0.25, -0.2) is 8.42 Å². The van der Waals surface area contributed by atoms with Gasteiger partial charge in [0.1, 0.15) is 0 Å². The maximum absolute atomic E-state index is 12.8. The summed E-state index contributed by atoms with van der Waals surface area (Å²) in [4.78, 5) is 31.2. The van der Waals surface area contributed by atoms with Gasteiger partial charge in [-0.15, -0.1) is 0 Å².